The van der Waals surface area contributed by atoms with E-state index in [1.165, 1.54) is 0 Å². The van der Waals surface area contributed by atoms with E-state index in [0.717, 1.165) is 11.0 Å². The summed E-state index contributed by atoms with van der Waals surface area (Å²) in [6.07, 6.45) is 1.60. The van der Waals surface area contributed by atoms with Crippen molar-refractivity contribution < 1.29 is 0 Å². The molecule has 18 heavy (non-hydrogen) atoms. The smallest absolute Gasteiger partial charge is 0.286 e. The van der Waals surface area contributed by atoms with E-state index >= 15 is 0 Å². The first-order valence-corrected chi connectivity index (χ1v) is 5.59. The van der Waals surface area contributed by atoms with Gasteiger partial charge < -0.3 is 4.98 Å². The molecule has 1 N–H and O–H groups in total. The molecule has 0 unspecified atom stereocenters. The minimum atomic E-state index is -0.145. The quantitative estimate of drug-likeness (QED) is 0.505. The van der Waals surface area contributed by atoms with Crippen LogP contribution in [0.25, 0.3) is 27.8 Å². The summed E-state index contributed by atoms with van der Waals surface area (Å²) in [5, 5.41) is 0. The highest BCUT2D eigenvalue weighted by Crippen LogP contribution is 2.14. The fourth-order valence-corrected chi connectivity index (χ4v) is 2.22. The second-order valence-corrected chi connectivity index (χ2v) is 4.09. The average Bonchev–Trinajstić information content (AvgIpc) is 2.77. The number of hydrogen-bond donors (Lipinski definition) is 1. The molecule has 0 aliphatic heterocycles. The average molecular weight is 236 g/mol. The molecule has 5 heteroatoms. The van der Waals surface area contributed by atoms with Crippen molar-refractivity contribution in [3.05, 3.63) is 52.9 Å². The molecule has 0 aliphatic carbocycles. The van der Waals surface area contributed by atoms with Gasteiger partial charge in [0, 0.05) is 6.20 Å². The molecule has 86 valence electrons. The Kier molecular flexibility index (Phi) is 1.64. The van der Waals surface area contributed by atoms with E-state index in [2.05, 4.69) is 15.0 Å². The van der Waals surface area contributed by atoms with Crippen LogP contribution in [0, 0.1) is 0 Å². The van der Waals surface area contributed by atoms with E-state index in [1.54, 1.807) is 22.7 Å². The molecule has 0 amide bonds. The third-order valence-electron chi connectivity index (χ3n) is 3.02. The SMILES string of the molecule is O=c1c2ncccc2nc2[nH]c3ccccc3n12. The van der Waals surface area contributed by atoms with Crippen LogP contribution in [0.4, 0.5) is 0 Å². The normalized spacial score (nSPS) is 11.6. The molecule has 0 saturated carbocycles. The molecule has 0 radical (unpaired) electrons. The number of aromatic nitrogens is 4. The summed E-state index contributed by atoms with van der Waals surface area (Å²) in [5.41, 5.74) is 2.55. The summed E-state index contributed by atoms with van der Waals surface area (Å²) >= 11 is 0. The first-order valence-electron chi connectivity index (χ1n) is 5.59. The summed E-state index contributed by atoms with van der Waals surface area (Å²) in [5.74, 6) is 0.543. The van der Waals surface area contributed by atoms with Crippen LogP contribution in [0.2, 0.25) is 0 Å². The van der Waals surface area contributed by atoms with Crippen LogP contribution < -0.4 is 5.56 Å². The van der Waals surface area contributed by atoms with Gasteiger partial charge in [0.2, 0.25) is 5.78 Å². The van der Waals surface area contributed by atoms with Crippen LogP contribution in [0.1, 0.15) is 0 Å². The van der Waals surface area contributed by atoms with Crippen LogP contribution in [0.15, 0.2) is 47.4 Å². The minimum Gasteiger partial charge on any atom is -0.323 e. The lowest BCUT2D eigenvalue weighted by molar-refractivity contribution is 1.10. The highest BCUT2D eigenvalue weighted by molar-refractivity contribution is 5.83. The molecule has 0 fully saturated rings. The van der Waals surface area contributed by atoms with Crippen molar-refractivity contribution in [1.29, 1.82) is 0 Å². The monoisotopic (exact) mass is 236 g/mol. The van der Waals surface area contributed by atoms with Crippen molar-refractivity contribution in [2.24, 2.45) is 0 Å². The van der Waals surface area contributed by atoms with Crippen LogP contribution in [0.3, 0.4) is 0 Å². The van der Waals surface area contributed by atoms with Crippen molar-refractivity contribution in [2.75, 3.05) is 0 Å². The molecule has 0 aliphatic rings. The number of benzene rings is 1. The van der Waals surface area contributed by atoms with Gasteiger partial charge in [-0.15, -0.1) is 0 Å². The Morgan fingerprint density at radius 1 is 1.11 bits per heavy atom. The summed E-state index contributed by atoms with van der Waals surface area (Å²) in [7, 11) is 0. The minimum absolute atomic E-state index is 0.145. The van der Waals surface area contributed by atoms with Gasteiger partial charge in [0.05, 0.1) is 16.6 Å². The summed E-state index contributed by atoms with van der Waals surface area (Å²) in [4.78, 5) is 24.1. The Balaban J connectivity index is 2.39. The van der Waals surface area contributed by atoms with Crippen molar-refractivity contribution >= 4 is 27.8 Å². The van der Waals surface area contributed by atoms with Gasteiger partial charge in [-0.3, -0.25) is 4.79 Å². The van der Waals surface area contributed by atoms with E-state index in [1.807, 2.05) is 24.3 Å². The van der Waals surface area contributed by atoms with Crippen LogP contribution in [0.5, 0.6) is 0 Å². The fraction of sp³-hybridized carbons (Fsp3) is 0. The maximum atomic E-state index is 12.4. The number of H-pyrrole nitrogens is 1. The number of pyridine rings is 1. The highest BCUT2D eigenvalue weighted by atomic mass is 16.1. The number of nitrogens with zero attached hydrogens (tertiary/aromatic N) is 3. The molecule has 4 rings (SSSR count). The predicted molar refractivity (Wildman–Crippen MR) is 68.6 cm³/mol. The number of para-hydroxylation sites is 2. The summed E-state index contributed by atoms with van der Waals surface area (Å²) in [6.45, 7) is 0. The fourth-order valence-electron chi connectivity index (χ4n) is 2.22. The molecule has 0 saturated heterocycles. The van der Waals surface area contributed by atoms with Crippen molar-refractivity contribution in [3.8, 4) is 0 Å². The zero-order valence-electron chi connectivity index (χ0n) is 9.29. The molecule has 1 aromatic carbocycles. The van der Waals surface area contributed by atoms with Crippen molar-refractivity contribution in [3.63, 3.8) is 0 Å². The molecule has 0 atom stereocenters. The topological polar surface area (TPSA) is 63.0 Å². The van der Waals surface area contributed by atoms with Gasteiger partial charge in [0.15, 0.2) is 5.52 Å². The highest BCUT2D eigenvalue weighted by Gasteiger charge is 2.10. The zero-order valence-corrected chi connectivity index (χ0v) is 9.29. The van der Waals surface area contributed by atoms with Gasteiger partial charge in [-0.1, -0.05) is 12.1 Å². The van der Waals surface area contributed by atoms with Gasteiger partial charge in [-0.25, -0.2) is 14.4 Å². The summed E-state index contributed by atoms with van der Waals surface area (Å²) in [6, 6.07) is 11.2. The predicted octanol–water partition coefficient (Wildman–Crippen LogP) is 1.72. The van der Waals surface area contributed by atoms with E-state index < -0.39 is 0 Å². The van der Waals surface area contributed by atoms with Gasteiger partial charge in [-0.2, -0.15) is 0 Å². The van der Waals surface area contributed by atoms with E-state index in [-0.39, 0.29) is 5.56 Å². The Hall–Kier alpha value is -2.69. The number of imidazole rings is 1. The van der Waals surface area contributed by atoms with Crippen LogP contribution in [-0.2, 0) is 0 Å². The largest absolute Gasteiger partial charge is 0.323 e. The van der Waals surface area contributed by atoms with E-state index in [9.17, 15) is 4.79 Å². The number of fused-ring (bicyclic) bond motifs is 4. The lowest BCUT2D eigenvalue weighted by Crippen LogP contribution is -2.15. The number of rotatable bonds is 0. The molecule has 5 nitrogen and oxygen atoms in total. The van der Waals surface area contributed by atoms with Crippen molar-refractivity contribution in [2.45, 2.75) is 0 Å². The second kappa shape index (κ2) is 3.16. The van der Waals surface area contributed by atoms with Crippen LogP contribution in [-0.4, -0.2) is 19.4 Å². The van der Waals surface area contributed by atoms with Crippen molar-refractivity contribution in [1.82, 2.24) is 19.4 Å². The first-order chi connectivity index (χ1) is 8.84. The molecular formula is C13H8N4O. The molecular weight excluding hydrogens is 228 g/mol. The number of nitrogens with one attached hydrogen (secondary N) is 1. The lowest BCUT2D eigenvalue weighted by atomic mass is 10.3. The first kappa shape index (κ1) is 9.35. The molecule has 0 spiro atoms. The summed E-state index contributed by atoms with van der Waals surface area (Å²) < 4.78 is 1.56. The lowest BCUT2D eigenvalue weighted by Gasteiger charge is -1.97. The van der Waals surface area contributed by atoms with E-state index in [4.69, 9.17) is 0 Å². The number of hydrogen-bond acceptors (Lipinski definition) is 3. The molecule has 3 aromatic heterocycles. The zero-order chi connectivity index (χ0) is 12.1. The third kappa shape index (κ3) is 1.08. The van der Waals surface area contributed by atoms with Gasteiger partial charge in [0.1, 0.15) is 0 Å². The van der Waals surface area contributed by atoms with Crippen LogP contribution >= 0.6 is 0 Å². The Labute approximate surface area is 101 Å². The van der Waals surface area contributed by atoms with Gasteiger partial charge in [0.25, 0.3) is 5.56 Å². The Morgan fingerprint density at radius 3 is 2.94 bits per heavy atom. The maximum Gasteiger partial charge on any atom is 0.286 e. The molecule has 4 aromatic rings. The maximum absolute atomic E-state index is 12.4. The Bertz CT molecular complexity index is 951. The second-order valence-electron chi connectivity index (χ2n) is 4.09. The third-order valence-corrected chi connectivity index (χ3v) is 3.02. The van der Waals surface area contributed by atoms with Gasteiger partial charge in [-0.05, 0) is 24.3 Å². The Morgan fingerprint density at radius 2 is 2.00 bits per heavy atom. The van der Waals surface area contributed by atoms with Gasteiger partial charge >= 0.3 is 0 Å². The number of aromatic amines is 1. The standard InChI is InChI=1S/C13H8N4O/c18-12-11-9(5-3-7-14-11)16-13-15-8-4-1-2-6-10(8)17(12)13/h1-7H,(H,15,16). The molecule has 0 bridgehead atoms. The molecule has 3 heterocycles. The van der Waals surface area contributed by atoms with E-state index in [0.29, 0.717) is 16.8 Å².